The minimum absolute atomic E-state index is 0.0354. The van der Waals surface area contributed by atoms with Gasteiger partial charge in [-0.3, -0.25) is 9.69 Å². The molecule has 0 aromatic heterocycles. The number of hydrazone groups is 1. The zero-order valence-electron chi connectivity index (χ0n) is 17.4. The maximum Gasteiger partial charge on any atom is 0.257 e. The molecule has 0 N–H and O–H groups in total. The second kappa shape index (κ2) is 8.93. The van der Waals surface area contributed by atoms with Crippen molar-refractivity contribution < 1.29 is 13.9 Å². The van der Waals surface area contributed by atoms with E-state index in [0.717, 1.165) is 48.8 Å². The van der Waals surface area contributed by atoms with E-state index in [1.807, 2.05) is 24.3 Å². The van der Waals surface area contributed by atoms with Gasteiger partial charge in [0.15, 0.2) is 0 Å². The smallest absolute Gasteiger partial charge is 0.257 e. The van der Waals surface area contributed by atoms with E-state index in [1.165, 1.54) is 12.1 Å². The average Bonchev–Trinajstić information content (AvgIpc) is 3.21. The third kappa shape index (κ3) is 4.52. The van der Waals surface area contributed by atoms with Crippen molar-refractivity contribution >= 4 is 11.6 Å². The van der Waals surface area contributed by atoms with E-state index in [2.05, 4.69) is 16.8 Å². The number of amides is 1. The summed E-state index contributed by atoms with van der Waals surface area (Å²) >= 11 is 0. The Bertz CT molecular complexity index is 923. The number of ether oxygens (including phenoxy) is 1. The summed E-state index contributed by atoms with van der Waals surface area (Å²) in [4.78, 5) is 17.6. The fraction of sp³-hybridized carbons (Fsp3) is 0.391. The molecule has 4 rings (SSSR count). The lowest BCUT2D eigenvalue weighted by molar-refractivity contribution is -0.134. The maximum atomic E-state index is 13.5. The summed E-state index contributed by atoms with van der Waals surface area (Å²) in [6.07, 6.45) is 0.577. The number of nitrogens with zero attached hydrogens (tertiary/aromatic N) is 4. The van der Waals surface area contributed by atoms with E-state index in [9.17, 15) is 9.18 Å². The molecule has 7 heteroatoms. The summed E-state index contributed by atoms with van der Waals surface area (Å²) in [5.74, 6) is 0.420. The molecular weight excluding hydrogens is 383 g/mol. The van der Waals surface area contributed by atoms with Crippen LogP contribution < -0.4 is 4.74 Å². The number of hydrogen-bond acceptors (Lipinski definition) is 5. The van der Waals surface area contributed by atoms with Gasteiger partial charge in [0.05, 0.1) is 25.4 Å². The standard InChI is InChI=1S/C23H27FN4O2/c1-26-10-12-27(13-11-26)16-23(29)28-22(17-6-8-19(24)9-7-17)15-21(25-28)18-4-3-5-20(14-18)30-2/h3-9,14,22H,10-13,15-16H2,1-2H3. The first-order valence-electron chi connectivity index (χ1n) is 10.2. The van der Waals surface area contributed by atoms with Gasteiger partial charge < -0.3 is 9.64 Å². The summed E-state index contributed by atoms with van der Waals surface area (Å²) in [7, 11) is 3.72. The van der Waals surface area contributed by atoms with Crippen LogP contribution in [0.2, 0.25) is 0 Å². The average molecular weight is 410 g/mol. The molecule has 1 saturated heterocycles. The van der Waals surface area contributed by atoms with Gasteiger partial charge in [-0.25, -0.2) is 9.40 Å². The lowest BCUT2D eigenvalue weighted by Gasteiger charge is -2.33. The van der Waals surface area contributed by atoms with Crippen molar-refractivity contribution in [3.8, 4) is 5.75 Å². The van der Waals surface area contributed by atoms with Crippen LogP contribution in [0.3, 0.4) is 0 Å². The predicted octanol–water partition coefficient (Wildman–Crippen LogP) is 2.76. The Morgan fingerprint density at radius 3 is 2.57 bits per heavy atom. The summed E-state index contributed by atoms with van der Waals surface area (Å²) in [5.41, 5.74) is 2.64. The van der Waals surface area contributed by atoms with Crippen LogP contribution in [-0.4, -0.2) is 73.3 Å². The molecule has 158 valence electrons. The molecular formula is C23H27FN4O2. The minimum Gasteiger partial charge on any atom is -0.497 e. The molecule has 1 amide bonds. The minimum atomic E-state index is -0.291. The number of piperazine rings is 1. The molecule has 2 aliphatic heterocycles. The van der Waals surface area contributed by atoms with Gasteiger partial charge in [0, 0.05) is 38.2 Å². The van der Waals surface area contributed by atoms with Crippen LogP contribution in [0, 0.1) is 5.82 Å². The van der Waals surface area contributed by atoms with E-state index < -0.39 is 0 Å². The molecule has 1 fully saturated rings. The number of carbonyl (C=O) groups excluding carboxylic acids is 1. The topological polar surface area (TPSA) is 48.4 Å². The molecule has 2 aromatic rings. The van der Waals surface area contributed by atoms with Crippen molar-refractivity contribution in [1.29, 1.82) is 0 Å². The molecule has 2 heterocycles. The van der Waals surface area contributed by atoms with Crippen LogP contribution >= 0.6 is 0 Å². The molecule has 0 aliphatic carbocycles. The van der Waals surface area contributed by atoms with Crippen LogP contribution in [0.1, 0.15) is 23.6 Å². The Labute approximate surface area is 176 Å². The van der Waals surface area contributed by atoms with Gasteiger partial charge in [0.1, 0.15) is 11.6 Å². The lowest BCUT2D eigenvalue weighted by atomic mass is 9.98. The van der Waals surface area contributed by atoms with Gasteiger partial charge in [0.2, 0.25) is 0 Å². The van der Waals surface area contributed by atoms with Gasteiger partial charge in [-0.1, -0.05) is 24.3 Å². The van der Waals surface area contributed by atoms with E-state index in [-0.39, 0.29) is 17.8 Å². The maximum absolute atomic E-state index is 13.5. The molecule has 0 bridgehead atoms. The molecule has 1 unspecified atom stereocenters. The summed E-state index contributed by atoms with van der Waals surface area (Å²) in [6.45, 7) is 3.97. The van der Waals surface area contributed by atoms with E-state index in [0.29, 0.717) is 13.0 Å². The summed E-state index contributed by atoms with van der Waals surface area (Å²) in [6, 6.07) is 13.8. The monoisotopic (exact) mass is 410 g/mol. The third-order valence-electron chi connectivity index (χ3n) is 5.78. The Balaban J connectivity index is 1.58. The third-order valence-corrected chi connectivity index (χ3v) is 5.78. The zero-order chi connectivity index (χ0) is 21.1. The highest BCUT2D eigenvalue weighted by atomic mass is 19.1. The van der Waals surface area contributed by atoms with Crippen LogP contribution in [-0.2, 0) is 4.79 Å². The number of carbonyl (C=O) groups is 1. The first-order valence-corrected chi connectivity index (χ1v) is 10.2. The van der Waals surface area contributed by atoms with Gasteiger partial charge in [-0.15, -0.1) is 0 Å². The van der Waals surface area contributed by atoms with Crippen LogP contribution in [0.25, 0.3) is 0 Å². The second-order valence-electron chi connectivity index (χ2n) is 7.87. The Morgan fingerprint density at radius 1 is 1.13 bits per heavy atom. The van der Waals surface area contributed by atoms with Gasteiger partial charge in [-0.05, 0) is 36.9 Å². The predicted molar refractivity (Wildman–Crippen MR) is 114 cm³/mol. The van der Waals surface area contributed by atoms with E-state index >= 15 is 0 Å². The molecule has 0 saturated carbocycles. The Hall–Kier alpha value is -2.77. The van der Waals surface area contributed by atoms with Crippen molar-refractivity contribution in [3.05, 3.63) is 65.5 Å². The van der Waals surface area contributed by atoms with Crippen molar-refractivity contribution in [2.24, 2.45) is 5.10 Å². The number of likely N-dealkylation sites (N-methyl/N-ethyl adjacent to an activating group) is 1. The first kappa shape index (κ1) is 20.5. The number of hydrogen-bond donors (Lipinski definition) is 0. The molecule has 0 spiro atoms. The quantitative estimate of drug-likeness (QED) is 0.761. The van der Waals surface area contributed by atoms with Crippen LogP contribution in [0.5, 0.6) is 5.75 Å². The molecule has 0 radical (unpaired) electrons. The molecule has 2 aliphatic rings. The normalized spacial score (nSPS) is 20.3. The molecule has 1 atom stereocenters. The van der Waals surface area contributed by atoms with E-state index in [1.54, 1.807) is 24.3 Å². The SMILES string of the molecule is COc1cccc(C2=NN(C(=O)CN3CCN(C)CC3)C(c3ccc(F)cc3)C2)c1. The largest absolute Gasteiger partial charge is 0.497 e. The molecule has 6 nitrogen and oxygen atoms in total. The van der Waals surface area contributed by atoms with Gasteiger partial charge in [0.25, 0.3) is 5.91 Å². The number of halogens is 1. The van der Waals surface area contributed by atoms with Crippen molar-refractivity contribution in [3.63, 3.8) is 0 Å². The Kier molecular flexibility index (Phi) is 6.11. The summed E-state index contributed by atoms with van der Waals surface area (Å²) < 4.78 is 18.8. The highest BCUT2D eigenvalue weighted by molar-refractivity contribution is 6.03. The summed E-state index contributed by atoms with van der Waals surface area (Å²) in [5, 5.41) is 6.29. The van der Waals surface area contributed by atoms with Crippen molar-refractivity contribution in [1.82, 2.24) is 14.8 Å². The first-order chi connectivity index (χ1) is 14.5. The fourth-order valence-electron chi connectivity index (χ4n) is 3.93. The van der Waals surface area contributed by atoms with Crippen molar-refractivity contribution in [2.45, 2.75) is 12.5 Å². The molecule has 30 heavy (non-hydrogen) atoms. The highest BCUT2D eigenvalue weighted by Gasteiger charge is 2.34. The lowest BCUT2D eigenvalue weighted by Crippen LogP contribution is -2.48. The second-order valence-corrected chi connectivity index (χ2v) is 7.87. The Morgan fingerprint density at radius 2 is 1.87 bits per heavy atom. The van der Waals surface area contributed by atoms with Crippen LogP contribution in [0.4, 0.5) is 4.39 Å². The number of benzene rings is 2. The van der Waals surface area contributed by atoms with Crippen molar-refractivity contribution in [2.75, 3.05) is 46.9 Å². The van der Waals surface area contributed by atoms with Crippen LogP contribution in [0.15, 0.2) is 53.6 Å². The zero-order valence-corrected chi connectivity index (χ0v) is 17.4. The molecule has 2 aromatic carbocycles. The van der Waals surface area contributed by atoms with Gasteiger partial charge >= 0.3 is 0 Å². The van der Waals surface area contributed by atoms with E-state index in [4.69, 9.17) is 9.84 Å². The van der Waals surface area contributed by atoms with Gasteiger partial charge in [-0.2, -0.15) is 5.10 Å². The number of rotatable bonds is 5. The highest BCUT2D eigenvalue weighted by Crippen LogP contribution is 2.33. The fourth-order valence-corrected chi connectivity index (χ4v) is 3.93. The number of methoxy groups -OCH3 is 1.